The summed E-state index contributed by atoms with van der Waals surface area (Å²) in [6.07, 6.45) is 5.68. The summed E-state index contributed by atoms with van der Waals surface area (Å²) in [5.74, 6) is 0. The van der Waals surface area contributed by atoms with Crippen LogP contribution in [0.5, 0.6) is 0 Å². The van der Waals surface area contributed by atoms with Crippen molar-refractivity contribution in [2.24, 2.45) is 0 Å². The van der Waals surface area contributed by atoms with Crippen LogP contribution < -0.4 is 0 Å². The van der Waals surface area contributed by atoms with E-state index in [1.165, 1.54) is 0 Å². The lowest BCUT2D eigenvalue weighted by Gasteiger charge is -2.13. The second-order valence-corrected chi connectivity index (χ2v) is 23.2. The molecule has 0 aliphatic rings. The zero-order valence-corrected chi connectivity index (χ0v) is 48.3. The van der Waals surface area contributed by atoms with E-state index in [1.54, 1.807) is 0 Å². The van der Waals surface area contributed by atoms with E-state index < -0.39 is 0 Å². The Balaban J connectivity index is 0.608. The van der Waals surface area contributed by atoms with Gasteiger partial charge in [-0.1, -0.05) is 182 Å². The van der Waals surface area contributed by atoms with Crippen LogP contribution in [0.15, 0.2) is 292 Å². The highest BCUT2D eigenvalue weighted by Crippen LogP contribution is 2.39. The summed E-state index contributed by atoms with van der Waals surface area (Å²) in [5.41, 5.74) is 23.5. The maximum Gasteiger partial charge on any atom is 0.0972 e. The number of para-hydroxylation sites is 1. The molecule has 0 spiro atoms. The number of benzene rings is 10. The Kier molecular flexibility index (Phi) is 11.7. The molecule has 0 saturated carbocycles. The van der Waals surface area contributed by atoms with Crippen LogP contribution in [0.2, 0.25) is 0 Å². The van der Waals surface area contributed by atoms with E-state index in [0.29, 0.717) is 0 Å². The molecular formula is C82H48N8. The Morgan fingerprint density at radius 2 is 0.600 bits per heavy atom. The third-order valence-corrected chi connectivity index (χ3v) is 17.7. The topological polar surface area (TPSA) is 103 Å². The predicted octanol–water partition coefficient (Wildman–Crippen LogP) is 20.6. The molecule has 0 fully saturated rings. The van der Waals surface area contributed by atoms with Crippen LogP contribution >= 0.6 is 0 Å². The van der Waals surface area contributed by atoms with E-state index >= 15 is 0 Å². The molecule has 8 heterocycles. The molecule has 0 aliphatic carbocycles. The SMILES string of the molecule is c1cc(-c2ccc3ccc(-c4ccc5ccc(-c6cnc7cc(-c8ccc(-c9ccc%10ccc(-c%11ccc%12ccc(-c%13cnc%14ccccc%14c%13)nc%12c%11)cc%10n9)c9ccccc89)ccc7c6)nc5c4)cc3n2)cc(-c2ccc3ccc4cccnc4c3n2)c1. The molecule has 0 radical (unpaired) electrons. The Labute approximate surface area is 516 Å². The van der Waals surface area contributed by atoms with Crippen LogP contribution in [0.1, 0.15) is 0 Å². The second kappa shape index (κ2) is 20.7. The Morgan fingerprint density at radius 3 is 1.21 bits per heavy atom. The Morgan fingerprint density at radius 1 is 0.189 bits per heavy atom. The fourth-order valence-corrected chi connectivity index (χ4v) is 13.0. The van der Waals surface area contributed by atoms with Crippen molar-refractivity contribution in [2.75, 3.05) is 0 Å². The molecule has 0 N–H and O–H groups in total. The minimum absolute atomic E-state index is 0.866. The molecule has 0 saturated heterocycles. The van der Waals surface area contributed by atoms with Crippen molar-refractivity contribution in [1.82, 2.24) is 39.9 Å². The summed E-state index contributed by atoms with van der Waals surface area (Å²) < 4.78 is 0. The quantitative estimate of drug-likeness (QED) is 0.139. The van der Waals surface area contributed by atoms with Gasteiger partial charge in [-0.25, -0.2) is 24.9 Å². The van der Waals surface area contributed by atoms with E-state index in [0.717, 1.165) is 188 Å². The van der Waals surface area contributed by atoms with Crippen LogP contribution in [0.25, 0.3) is 188 Å². The molecule has 18 aromatic rings. The minimum atomic E-state index is 0.866. The smallest absolute Gasteiger partial charge is 0.0972 e. The van der Waals surface area contributed by atoms with Crippen LogP contribution in [0.4, 0.5) is 0 Å². The van der Waals surface area contributed by atoms with Crippen LogP contribution in [-0.4, -0.2) is 39.9 Å². The molecule has 0 unspecified atom stereocenters. The van der Waals surface area contributed by atoms with Gasteiger partial charge in [0.25, 0.3) is 0 Å². The third-order valence-electron chi connectivity index (χ3n) is 17.7. The van der Waals surface area contributed by atoms with Gasteiger partial charge in [-0.2, -0.15) is 0 Å². The zero-order chi connectivity index (χ0) is 59.2. The van der Waals surface area contributed by atoms with Crippen molar-refractivity contribution in [1.29, 1.82) is 0 Å². The van der Waals surface area contributed by atoms with E-state index in [-0.39, 0.29) is 0 Å². The molecular weight excluding hydrogens is 1100 g/mol. The summed E-state index contributed by atoms with van der Waals surface area (Å²) in [4.78, 5) is 40.5. The Hall–Kier alpha value is -12.3. The standard InChI is InChI=1S/C82H48N8/c1-4-13-70-60(7-1)40-64(47-84-70)73-34-27-50-16-22-57(44-78(50)87-73)58-23-17-52-29-37-75(89-80(52)45-58)69-32-31-66(67-11-2-3-12-68(67)69)59-24-25-63-41-65(48-85-76(63)46-59)74-35-28-51-15-21-56(43-79(51)88-74)55-20-14-49-26-33-71(86-77(49)42-55)61-8-5-9-62(39-61)72-36-30-54-19-18-53-10-6-38-83-81(53)82(54)90-72/h1-48H. The monoisotopic (exact) mass is 1140 g/mol. The number of rotatable bonds is 8. The van der Waals surface area contributed by atoms with Crippen molar-refractivity contribution in [3.05, 3.63) is 292 Å². The molecule has 8 heteroatoms. The van der Waals surface area contributed by atoms with Crippen molar-refractivity contribution in [3.8, 4) is 89.7 Å². The Bertz CT molecular complexity index is 6020. The summed E-state index contributed by atoms with van der Waals surface area (Å²) in [6, 6.07) is 96.1. The van der Waals surface area contributed by atoms with Crippen LogP contribution in [-0.2, 0) is 0 Å². The van der Waals surface area contributed by atoms with Gasteiger partial charge in [0.1, 0.15) is 0 Å². The molecule has 8 nitrogen and oxygen atoms in total. The highest BCUT2D eigenvalue weighted by Gasteiger charge is 2.16. The van der Waals surface area contributed by atoms with E-state index in [4.69, 9.17) is 34.9 Å². The van der Waals surface area contributed by atoms with Gasteiger partial charge < -0.3 is 0 Å². The van der Waals surface area contributed by atoms with E-state index in [9.17, 15) is 0 Å². The average molecular weight is 1150 g/mol. The largest absolute Gasteiger partial charge is 0.256 e. The van der Waals surface area contributed by atoms with Crippen molar-refractivity contribution >= 4 is 98.0 Å². The van der Waals surface area contributed by atoms with Crippen molar-refractivity contribution in [3.63, 3.8) is 0 Å². The maximum absolute atomic E-state index is 5.33. The molecule has 10 aromatic carbocycles. The molecule has 0 aliphatic heterocycles. The van der Waals surface area contributed by atoms with Gasteiger partial charge in [0, 0.05) is 89.5 Å². The van der Waals surface area contributed by atoms with Crippen molar-refractivity contribution < 1.29 is 0 Å². The summed E-state index contributed by atoms with van der Waals surface area (Å²) in [5, 5.41) is 10.9. The van der Waals surface area contributed by atoms with Gasteiger partial charge >= 0.3 is 0 Å². The zero-order valence-electron chi connectivity index (χ0n) is 48.3. The number of hydrogen-bond acceptors (Lipinski definition) is 8. The average Bonchev–Trinajstić information content (AvgIpc) is 1.37. The lowest BCUT2D eigenvalue weighted by atomic mass is 9.93. The first-order chi connectivity index (χ1) is 44.5. The van der Waals surface area contributed by atoms with Gasteiger partial charge in [-0.15, -0.1) is 0 Å². The number of nitrogens with zero attached hydrogens (tertiary/aromatic N) is 8. The summed E-state index contributed by atoms with van der Waals surface area (Å²) in [7, 11) is 0. The summed E-state index contributed by atoms with van der Waals surface area (Å²) >= 11 is 0. The predicted molar refractivity (Wildman–Crippen MR) is 370 cm³/mol. The third kappa shape index (κ3) is 9.01. The fourth-order valence-electron chi connectivity index (χ4n) is 13.0. The maximum atomic E-state index is 5.33. The van der Waals surface area contributed by atoms with E-state index in [2.05, 4.69) is 254 Å². The highest BCUT2D eigenvalue weighted by molar-refractivity contribution is 6.07. The van der Waals surface area contributed by atoms with Crippen LogP contribution in [0, 0.1) is 0 Å². The molecule has 0 amide bonds. The molecule has 0 atom stereocenters. The molecule has 90 heavy (non-hydrogen) atoms. The minimum Gasteiger partial charge on any atom is -0.256 e. The van der Waals surface area contributed by atoms with Gasteiger partial charge in [-0.3, -0.25) is 15.0 Å². The fraction of sp³-hybridized carbons (Fsp3) is 0. The molecule has 8 aromatic heterocycles. The number of aromatic nitrogens is 8. The van der Waals surface area contributed by atoms with Gasteiger partial charge in [-0.05, 0) is 135 Å². The van der Waals surface area contributed by atoms with Gasteiger partial charge in [0.15, 0.2) is 0 Å². The first-order valence-corrected chi connectivity index (χ1v) is 30.2. The second-order valence-electron chi connectivity index (χ2n) is 23.2. The number of pyridine rings is 8. The highest BCUT2D eigenvalue weighted by atomic mass is 14.8. The number of hydrogen-bond donors (Lipinski definition) is 0. The van der Waals surface area contributed by atoms with Crippen LogP contribution in [0.3, 0.4) is 0 Å². The normalized spacial score (nSPS) is 11.8. The first kappa shape index (κ1) is 51.0. The van der Waals surface area contributed by atoms with Gasteiger partial charge in [0.05, 0.1) is 72.6 Å². The lowest BCUT2D eigenvalue weighted by molar-refractivity contribution is 1.35. The molecule has 0 bridgehead atoms. The lowest BCUT2D eigenvalue weighted by Crippen LogP contribution is -1.91. The van der Waals surface area contributed by atoms with Gasteiger partial charge in [0.2, 0.25) is 0 Å². The molecule has 18 rings (SSSR count). The first-order valence-electron chi connectivity index (χ1n) is 30.2. The molecule has 416 valence electrons. The van der Waals surface area contributed by atoms with Crippen molar-refractivity contribution in [2.45, 2.75) is 0 Å². The number of fused-ring (bicyclic) bond motifs is 10. The summed E-state index contributed by atoms with van der Waals surface area (Å²) in [6.45, 7) is 0. The van der Waals surface area contributed by atoms with E-state index in [1.807, 2.05) is 42.9 Å².